The van der Waals surface area contributed by atoms with Gasteiger partial charge < -0.3 is 5.32 Å². The Morgan fingerprint density at radius 2 is 2.27 bits per heavy atom. The van der Waals surface area contributed by atoms with E-state index in [9.17, 15) is 0 Å². The highest BCUT2D eigenvalue weighted by atomic mass is 79.9. The molecule has 0 radical (unpaired) electrons. The van der Waals surface area contributed by atoms with Crippen LogP contribution < -0.4 is 5.32 Å². The highest BCUT2D eigenvalue weighted by molar-refractivity contribution is 9.10. The molecule has 1 atom stereocenters. The lowest BCUT2D eigenvalue weighted by atomic mass is 10.0. The Kier molecular flexibility index (Phi) is 3.47. The van der Waals surface area contributed by atoms with E-state index >= 15 is 0 Å². The predicted molar refractivity (Wildman–Crippen MR) is 68.3 cm³/mol. The van der Waals surface area contributed by atoms with E-state index in [1.165, 1.54) is 28.4 Å². The lowest BCUT2D eigenvalue weighted by Gasteiger charge is -2.15. The molecule has 0 amide bonds. The van der Waals surface area contributed by atoms with Gasteiger partial charge in [0.05, 0.1) is 0 Å². The lowest BCUT2D eigenvalue weighted by Crippen LogP contribution is -2.27. The van der Waals surface area contributed by atoms with Crippen molar-refractivity contribution in [3.8, 4) is 0 Å². The average molecular weight is 268 g/mol. The number of rotatable bonds is 3. The van der Waals surface area contributed by atoms with Crippen molar-refractivity contribution in [2.75, 3.05) is 6.54 Å². The molecule has 1 aliphatic carbocycles. The number of hydrogen-bond donors (Lipinski definition) is 1. The highest BCUT2D eigenvalue weighted by Gasteiger charge is 2.23. The van der Waals surface area contributed by atoms with Crippen molar-refractivity contribution < 1.29 is 0 Å². The summed E-state index contributed by atoms with van der Waals surface area (Å²) in [5, 5.41) is 3.53. The molecule has 82 valence electrons. The second-order valence-electron chi connectivity index (χ2n) is 4.61. The molecule has 2 heteroatoms. The van der Waals surface area contributed by atoms with Gasteiger partial charge >= 0.3 is 0 Å². The van der Waals surface area contributed by atoms with E-state index in [-0.39, 0.29) is 0 Å². The minimum Gasteiger partial charge on any atom is -0.314 e. The summed E-state index contributed by atoms with van der Waals surface area (Å²) >= 11 is 3.63. The van der Waals surface area contributed by atoms with Gasteiger partial charge in [0.15, 0.2) is 0 Å². The molecule has 1 aromatic rings. The molecule has 0 bridgehead atoms. The second-order valence-corrected chi connectivity index (χ2v) is 5.46. The molecule has 0 aliphatic heterocycles. The van der Waals surface area contributed by atoms with Crippen LogP contribution in [0.4, 0.5) is 0 Å². The molecular formula is C13H18BrN. The fraction of sp³-hybridized carbons (Fsp3) is 0.538. The predicted octanol–water partition coefficient (Wildman–Crippen LogP) is 3.48. The summed E-state index contributed by atoms with van der Waals surface area (Å²) in [6, 6.07) is 7.16. The summed E-state index contributed by atoms with van der Waals surface area (Å²) in [5.74, 6) is 0.708. The van der Waals surface area contributed by atoms with Crippen molar-refractivity contribution in [1.82, 2.24) is 5.32 Å². The van der Waals surface area contributed by atoms with Gasteiger partial charge in [0.25, 0.3) is 0 Å². The maximum absolute atomic E-state index is 3.63. The van der Waals surface area contributed by atoms with E-state index in [1.54, 1.807) is 0 Å². The van der Waals surface area contributed by atoms with Crippen LogP contribution in [-0.2, 0) is 6.42 Å². The Bertz CT molecular complexity index is 346. The van der Waals surface area contributed by atoms with Crippen molar-refractivity contribution in [1.29, 1.82) is 0 Å². The van der Waals surface area contributed by atoms with Crippen LogP contribution in [0, 0.1) is 0 Å². The zero-order valence-corrected chi connectivity index (χ0v) is 11.0. The average Bonchev–Trinajstić information content (AvgIpc) is 2.59. The van der Waals surface area contributed by atoms with Crippen molar-refractivity contribution in [2.45, 2.75) is 38.6 Å². The van der Waals surface area contributed by atoms with E-state index in [2.05, 4.69) is 53.3 Å². The molecule has 0 heterocycles. The third kappa shape index (κ3) is 2.43. The highest BCUT2D eigenvalue weighted by Crippen LogP contribution is 2.36. The number of halogens is 1. The number of nitrogens with one attached hydrogen (secondary N) is 1. The molecule has 0 saturated carbocycles. The number of benzene rings is 1. The van der Waals surface area contributed by atoms with Crippen molar-refractivity contribution >= 4 is 15.9 Å². The Hall–Kier alpha value is -0.340. The van der Waals surface area contributed by atoms with Gasteiger partial charge in [-0.25, -0.2) is 0 Å². The Balaban J connectivity index is 2.11. The van der Waals surface area contributed by atoms with E-state index in [0.717, 1.165) is 6.54 Å². The van der Waals surface area contributed by atoms with Crippen molar-refractivity contribution in [2.24, 2.45) is 0 Å². The SMILES string of the molecule is CC(C)NCC1CCc2c(Br)cccc21. The van der Waals surface area contributed by atoms with Crippen LogP contribution in [-0.4, -0.2) is 12.6 Å². The lowest BCUT2D eigenvalue weighted by molar-refractivity contribution is 0.527. The number of hydrogen-bond acceptors (Lipinski definition) is 1. The van der Waals surface area contributed by atoms with Crippen LogP contribution in [0.3, 0.4) is 0 Å². The Morgan fingerprint density at radius 3 is 3.00 bits per heavy atom. The van der Waals surface area contributed by atoms with Gasteiger partial charge in [0.1, 0.15) is 0 Å². The van der Waals surface area contributed by atoms with Crippen LogP contribution in [0.25, 0.3) is 0 Å². The van der Waals surface area contributed by atoms with Gasteiger partial charge in [-0.1, -0.05) is 41.9 Å². The van der Waals surface area contributed by atoms with E-state index in [4.69, 9.17) is 0 Å². The van der Waals surface area contributed by atoms with Gasteiger partial charge in [-0.2, -0.15) is 0 Å². The van der Waals surface area contributed by atoms with Crippen LogP contribution in [0.5, 0.6) is 0 Å². The first-order valence-electron chi connectivity index (χ1n) is 5.69. The second kappa shape index (κ2) is 4.67. The smallest absolute Gasteiger partial charge is 0.0210 e. The summed E-state index contributed by atoms with van der Waals surface area (Å²) in [4.78, 5) is 0. The quantitative estimate of drug-likeness (QED) is 0.885. The zero-order chi connectivity index (χ0) is 10.8. The molecule has 0 aromatic heterocycles. The molecule has 1 aliphatic rings. The minimum atomic E-state index is 0.584. The van der Waals surface area contributed by atoms with Crippen LogP contribution in [0.2, 0.25) is 0 Å². The van der Waals surface area contributed by atoms with Gasteiger partial charge in [-0.05, 0) is 36.0 Å². The Labute approximate surface area is 100 Å². The molecule has 0 spiro atoms. The van der Waals surface area contributed by atoms with E-state index < -0.39 is 0 Å². The maximum atomic E-state index is 3.63. The molecule has 1 unspecified atom stereocenters. The third-order valence-electron chi connectivity index (χ3n) is 3.11. The molecule has 2 rings (SSSR count). The summed E-state index contributed by atoms with van der Waals surface area (Å²) in [5.41, 5.74) is 3.06. The molecule has 1 aromatic carbocycles. The fourth-order valence-corrected chi connectivity index (χ4v) is 2.87. The summed E-state index contributed by atoms with van der Waals surface area (Å²) in [6.45, 7) is 5.52. The molecule has 1 nitrogen and oxygen atoms in total. The largest absolute Gasteiger partial charge is 0.314 e. The van der Waals surface area contributed by atoms with Gasteiger partial charge in [-0.15, -0.1) is 0 Å². The van der Waals surface area contributed by atoms with Crippen LogP contribution in [0.15, 0.2) is 22.7 Å². The van der Waals surface area contributed by atoms with E-state index in [0.29, 0.717) is 12.0 Å². The first-order valence-corrected chi connectivity index (χ1v) is 6.48. The van der Waals surface area contributed by atoms with Gasteiger partial charge in [0, 0.05) is 17.1 Å². The molecule has 0 saturated heterocycles. The van der Waals surface area contributed by atoms with Gasteiger partial charge in [-0.3, -0.25) is 0 Å². The van der Waals surface area contributed by atoms with Crippen molar-refractivity contribution in [3.63, 3.8) is 0 Å². The first-order chi connectivity index (χ1) is 7.18. The summed E-state index contributed by atoms with van der Waals surface area (Å²) in [6.07, 6.45) is 2.51. The third-order valence-corrected chi connectivity index (χ3v) is 3.85. The summed E-state index contributed by atoms with van der Waals surface area (Å²) in [7, 11) is 0. The maximum Gasteiger partial charge on any atom is 0.0210 e. The number of fused-ring (bicyclic) bond motifs is 1. The standard InChI is InChI=1S/C13H18BrN/c1-9(2)15-8-10-6-7-12-11(10)4-3-5-13(12)14/h3-5,9-10,15H,6-8H2,1-2H3. The molecule has 1 N–H and O–H groups in total. The van der Waals surface area contributed by atoms with E-state index in [1.807, 2.05) is 0 Å². The zero-order valence-electron chi connectivity index (χ0n) is 9.39. The fourth-order valence-electron chi connectivity index (χ4n) is 2.29. The normalized spacial score (nSPS) is 19.6. The van der Waals surface area contributed by atoms with Crippen LogP contribution in [0.1, 0.15) is 37.3 Å². The first kappa shape index (κ1) is 11.2. The van der Waals surface area contributed by atoms with Crippen LogP contribution >= 0.6 is 15.9 Å². The monoisotopic (exact) mass is 267 g/mol. The minimum absolute atomic E-state index is 0.584. The topological polar surface area (TPSA) is 12.0 Å². The molecule has 0 fully saturated rings. The molecule has 15 heavy (non-hydrogen) atoms. The molecular weight excluding hydrogens is 250 g/mol. The Morgan fingerprint density at radius 1 is 1.47 bits per heavy atom. The summed E-state index contributed by atoms with van der Waals surface area (Å²) < 4.78 is 1.28. The van der Waals surface area contributed by atoms with Gasteiger partial charge in [0.2, 0.25) is 0 Å². The van der Waals surface area contributed by atoms with Crippen molar-refractivity contribution in [3.05, 3.63) is 33.8 Å².